The molecule has 0 unspecified atom stereocenters. The monoisotopic (exact) mass is 291 g/mol. The zero-order valence-electron chi connectivity index (χ0n) is 12.1. The second-order valence-electron chi connectivity index (χ2n) is 4.93. The van der Waals surface area contributed by atoms with Crippen LogP contribution in [-0.2, 0) is 6.54 Å². The quantitative estimate of drug-likeness (QED) is 0.803. The van der Waals surface area contributed by atoms with Gasteiger partial charge < -0.3 is 10.4 Å². The summed E-state index contributed by atoms with van der Waals surface area (Å²) >= 11 is 0. The van der Waals surface area contributed by atoms with Gasteiger partial charge in [-0.05, 0) is 44.5 Å². The number of rotatable bonds is 6. The van der Waals surface area contributed by atoms with Crippen LogP contribution in [0, 0.1) is 19.7 Å². The SMILES string of the molecule is Cc1cc(C)n(CCCNc2ccc(C(=O)O)cc2F)n1. The minimum Gasteiger partial charge on any atom is -0.478 e. The standard InChI is InChI=1S/C15H18FN3O2/c1-10-8-11(2)19(18-10)7-3-6-17-14-5-4-12(15(20)21)9-13(14)16/h4-5,8-9,17H,3,6-7H2,1-2H3,(H,20,21). The van der Waals surface area contributed by atoms with Gasteiger partial charge in [-0.3, -0.25) is 4.68 Å². The molecular formula is C15H18FN3O2. The molecule has 1 aromatic heterocycles. The summed E-state index contributed by atoms with van der Waals surface area (Å²) in [4.78, 5) is 10.7. The number of aromatic nitrogens is 2. The van der Waals surface area contributed by atoms with Gasteiger partial charge in [-0.2, -0.15) is 5.10 Å². The lowest BCUT2D eigenvalue weighted by Crippen LogP contribution is -2.10. The fraction of sp³-hybridized carbons (Fsp3) is 0.333. The number of aryl methyl sites for hydroxylation is 3. The van der Waals surface area contributed by atoms with Gasteiger partial charge in [-0.25, -0.2) is 9.18 Å². The number of carboxylic acids is 1. The molecule has 2 aromatic rings. The number of hydrogen-bond donors (Lipinski definition) is 2. The van der Waals surface area contributed by atoms with E-state index in [-0.39, 0.29) is 5.56 Å². The lowest BCUT2D eigenvalue weighted by atomic mass is 10.2. The third kappa shape index (κ3) is 3.81. The van der Waals surface area contributed by atoms with E-state index in [4.69, 9.17) is 5.11 Å². The van der Waals surface area contributed by atoms with Crippen molar-refractivity contribution < 1.29 is 14.3 Å². The van der Waals surface area contributed by atoms with Crippen LogP contribution in [0.2, 0.25) is 0 Å². The van der Waals surface area contributed by atoms with Crippen LogP contribution < -0.4 is 5.32 Å². The van der Waals surface area contributed by atoms with Crippen LogP contribution in [0.15, 0.2) is 24.3 Å². The van der Waals surface area contributed by atoms with Gasteiger partial charge >= 0.3 is 5.97 Å². The second-order valence-corrected chi connectivity index (χ2v) is 4.93. The van der Waals surface area contributed by atoms with Crippen LogP contribution in [0.5, 0.6) is 0 Å². The van der Waals surface area contributed by atoms with E-state index in [1.54, 1.807) is 0 Å². The number of benzene rings is 1. The molecule has 0 saturated carbocycles. The van der Waals surface area contributed by atoms with E-state index < -0.39 is 11.8 Å². The Morgan fingerprint density at radius 3 is 2.71 bits per heavy atom. The molecule has 0 radical (unpaired) electrons. The zero-order valence-corrected chi connectivity index (χ0v) is 12.1. The fourth-order valence-electron chi connectivity index (χ4n) is 2.14. The Hall–Kier alpha value is -2.37. The molecule has 6 heteroatoms. The Bertz CT molecular complexity index is 652. The van der Waals surface area contributed by atoms with Gasteiger partial charge in [0.25, 0.3) is 0 Å². The van der Waals surface area contributed by atoms with E-state index in [0.29, 0.717) is 12.2 Å². The van der Waals surface area contributed by atoms with Crippen LogP contribution in [0.4, 0.5) is 10.1 Å². The normalized spacial score (nSPS) is 10.6. The third-order valence-electron chi connectivity index (χ3n) is 3.18. The minimum atomic E-state index is -1.13. The van der Waals surface area contributed by atoms with E-state index >= 15 is 0 Å². The Labute approximate surface area is 122 Å². The molecule has 1 heterocycles. The molecule has 0 atom stereocenters. The van der Waals surface area contributed by atoms with Crippen molar-refractivity contribution in [3.8, 4) is 0 Å². The summed E-state index contributed by atoms with van der Waals surface area (Å²) in [5.74, 6) is -1.69. The number of aromatic carboxylic acids is 1. The highest BCUT2D eigenvalue weighted by Gasteiger charge is 2.08. The van der Waals surface area contributed by atoms with Crippen molar-refractivity contribution in [3.63, 3.8) is 0 Å². The Morgan fingerprint density at radius 2 is 2.14 bits per heavy atom. The van der Waals surface area contributed by atoms with Gasteiger partial charge in [0.2, 0.25) is 0 Å². The average molecular weight is 291 g/mol. The summed E-state index contributed by atoms with van der Waals surface area (Å²) in [6, 6.07) is 5.86. The number of anilines is 1. The molecule has 0 aliphatic heterocycles. The van der Waals surface area contributed by atoms with E-state index in [2.05, 4.69) is 10.4 Å². The molecule has 0 amide bonds. The molecule has 112 valence electrons. The highest BCUT2D eigenvalue weighted by Crippen LogP contribution is 2.16. The van der Waals surface area contributed by atoms with Crippen molar-refractivity contribution in [2.45, 2.75) is 26.8 Å². The second kappa shape index (κ2) is 6.39. The predicted octanol–water partition coefficient (Wildman–Crippen LogP) is 2.84. The van der Waals surface area contributed by atoms with Crippen LogP contribution >= 0.6 is 0 Å². The van der Waals surface area contributed by atoms with Gasteiger partial charge in [0.05, 0.1) is 16.9 Å². The fourth-order valence-corrected chi connectivity index (χ4v) is 2.14. The number of halogens is 1. The summed E-state index contributed by atoms with van der Waals surface area (Å²) < 4.78 is 15.6. The van der Waals surface area contributed by atoms with Gasteiger partial charge in [-0.1, -0.05) is 0 Å². The molecule has 0 bridgehead atoms. The molecule has 5 nitrogen and oxygen atoms in total. The Balaban J connectivity index is 1.86. The number of nitrogens with zero attached hydrogens (tertiary/aromatic N) is 2. The summed E-state index contributed by atoms with van der Waals surface area (Å²) in [5.41, 5.74) is 2.34. The molecular weight excluding hydrogens is 273 g/mol. The van der Waals surface area contributed by atoms with Crippen LogP contribution in [-0.4, -0.2) is 27.4 Å². The lowest BCUT2D eigenvalue weighted by molar-refractivity contribution is 0.0696. The molecule has 0 aliphatic carbocycles. The molecule has 2 N–H and O–H groups in total. The summed E-state index contributed by atoms with van der Waals surface area (Å²) in [6.07, 6.45) is 0.794. The summed E-state index contributed by atoms with van der Waals surface area (Å²) in [5, 5.41) is 16.1. The Morgan fingerprint density at radius 1 is 1.38 bits per heavy atom. The summed E-state index contributed by atoms with van der Waals surface area (Å²) in [6.45, 7) is 5.28. The highest BCUT2D eigenvalue weighted by molar-refractivity contribution is 5.88. The Kier molecular flexibility index (Phi) is 4.57. The van der Waals surface area contributed by atoms with Crippen LogP contribution in [0.1, 0.15) is 28.2 Å². The molecule has 0 fully saturated rings. The molecule has 0 aliphatic rings. The largest absolute Gasteiger partial charge is 0.478 e. The maximum Gasteiger partial charge on any atom is 0.335 e. The van der Waals surface area contributed by atoms with Crippen molar-refractivity contribution in [2.75, 3.05) is 11.9 Å². The maximum absolute atomic E-state index is 13.7. The third-order valence-corrected chi connectivity index (χ3v) is 3.18. The molecule has 2 rings (SSSR count). The van der Waals surface area contributed by atoms with Gasteiger partial charge in [0.1, 0.15) is 5.82 Å². The van der Waals surface area contributed by atoms with Gasteiger partial charge in [0, 0.05) is 18.8 Å². The van der Waals surface area contributed by atoms with Gasteiger partial charge in [0.15, 0.2) is 0 Å². The molecule has 21 heavy (non-hydrogen) atoms. The van der Waals surface area contributed by atoms with E-state index in [9.17, 15) is 9.18 Å². The first kappa shape index (κ1) is 15.0. The first-order chi connectivity index (χ1) is 9.97. The highest BCUT2D eigenvalue weighted by atomic mass is 19.1. The molecule has 1 aromatic carbocycles. The smallest absolute Gasteiger partial charge is 0.335 e. The van der Waals surface area contributed by atoms with Gasteiger partial charge in [-0.15, -0.1) is 0 Å². The van der Waals surface area contributed by atoms with Crippen LogP contribution in [0.25, 0.3) is 0 Å². The van der Waals surface area contributed by atoms with E-state index in [1.807, 2.05) is 24.6 Å². The zero-order chi connectivity index (χ0) is 15.4. The van der Waals surface area contributed by atoms with Crippen molar-refractivity contribution in [2.24, 2.45) is 0 Å². The van der Waals surface area contributed by atoms with E-state index in [1.165, 1.54) is 12.1 Å². The summed E-state index contributed by atoms with van der Waals surface area (Å²) in [7, 11) is 0. The molecule has 0 saturated heterocycles. The van der Waals surface area contributed by atoms with Crippen LogP contribution in [0.3, 0.4) is 0 Å². The number of carbonyl (C=O) groups is 1. The van der Waals surface area contributed by atoms with Crippen molar-refractivity contribution in [1.82, 2.24) is 9.78 Å². The van der Waals surface area contributed by atoms with Crippen molar-refractivity contribution >= 4 is 11.7 Å². The predicted molar refractivity (Wildman–Crippen MR) is 78.2 cm³/mol. The molecule has 0 spiro atoms. The van der Waals surface area contributed by atoms with Crippen molar-refractivity contribution in [1.29, 1.82) is 0 Å². The topological polar surface area (TPSA) is 67.2 Å². The maximum atomic E-state index is 13.7. The van der Waals surface area contributed by atoms with E-state index in [0.717, 1.165) is 30.4 Å². The van der Waals surface area contributed by atoms with Crippen molar-refractivity contribution in [3.05, 3.63) is 47.0 Å². The number of nitrogens with one attached hydrogen (secondary N) is 1. The number of carboxylic acid groups (broad SMARTS) is 1. The number of hydrogen-bond acceptors (Lipinski definition) is 3. The lowest BCUT2D eigenvalue weighted by Gasteiger charge is -2.09. The first-order valence-electron chi connectivity index (χ1n) is 6.75. The first-order valence-corrected chi connectivity index (χ1v) is 6.75. The minimum absolute atomic E-state index is 0.0549. The average Bonchev–Trinajstić information content (AvgIpc) is 2.74.